The molecule has 0 saturated heterocycles. The molecule has 0 aromatic heterocycles. The number of hydrogen-bond donors (Lipinski definition) is 1. The highest BCUT2D eigenvalue weighted by molar-refractivity contribution is 7.89. The highest BCUT2D eigenvalue weighted by Crippen LogP contribution is 2.25. The fourth-order valence-corrected chi connectivity index (χ4v) is 2.93. The standard InChI is InChI=1S/C16H19NO5S/c1-20-13-7-9-14(10-8-13)23(18,19)17-11-12-22-16-6-4-3-5-15(16)21-2/h3-10,17H,11-12H2,1-2H3. The maximum atomic E-state index is 12.1. The van der Waals surface area contributed by atoms with Crippen LogP contribution in [-0.2, 0) is 10.0 Å². The summed E-state index contributed by atoms with van der Waals surface area (Å²) in [5.41, 5.74) is 0. The second-order valence-corrected chi connectivity index (χ2v) is 6.34. The lowest BCUT2D eigenvalue weighted by Gasteiger charge is -2.11. The van der Waals surface area contributed by atoms with Gasteiger partial charge >= 0.3 is 0 Å². The summed E-state index contributed by atoms with van der Waals surface area (Å²) in [6.07, 6.45) is 0. The van der Waals surface area contributed by atoms with E-state index in [0.29, 0.717) is 17.2 Å². The van der Waals surface area contributed by atoms with Crippen LogP contribution in [0.3, 0.4) is 0 Å². The van der Waals surface area contributed by atoms with Crippen LogP contribution in [0, 0.1) is 0 Å². The van der Waals surface area contributed by atoms with Crippen LogP contribution in [-0.4, -0.2) is 35.8 Å². The highest BCUT2D eigenvalue weighted by Gasteiger charge is 2.13. The van der Waals surface area contributed by atoms with Crippen molar-refractivity contribution in [3.05, 3.63) is 48.5 Å². The van der Waals surface area contributed by atoms with Crippen molar-refractivity contribution in [2.45, 2.75) is 4.90 Å². The van der Waals surface area contributed by atoms with E-state index in [4.69, 9.17) is 14.2 Å². The Bertz CT molecular complexity index is 728. The van der Waals surface area contributed by atoms with Crippen LogP contribution in [0.2, 0.25) is 0 Å². The summed E-state index contributed by atoms with van der Waals surface area (Å²) in [7, 11) is -0.497. The van der Waals surface area contributed by atoms with Crippen molar-refractivity contribution >= 4 is 10.0 Å². The molecule has 0 saturated carbocycles. The van der Waals surface area contributed by atoms with Crippen molar-refractivity contribution in [1.29, 1.82) is 0 Å². The van der Waals surface area contributed by atoms with Gasteiger partial charge in [0.2, 0.25) is 10.0 Å². The average Bonchev–Trinajstić information content (AvgIpc) is 2.59. The van der Waals surface area contributed by atoms with Crippen LogP contribution in [0.25, 0.3) is 0 Å². The minimum Gasteiger partial charge on any atom is -0.497 e. The monoisotopic (exact) mass is 337 g/mol. The smallest absolute Gasteiger partial charge is 0.240 e. The molecule has 0 bridgehead atoms. The molecule has 2 aromatic rings. The van der Waals surface area contributed by atoms with Crippen molar-refractivity contribution in [2.75, 3.05) is 27.4 Å². The Morgan fingerprint density at radius 3 is 2.17 bits per heavy atom. The van der Waals surface area contributed by atoms with E-state index >= 15 is 0 Å². The number of nitrogens with one attached hydrogen (secondary N) is 1. The van der Waals surface area contributed by atoms with Crippen LogP contribution in [0.5, 0.6) is 17.2 Å². The number of hydrogen-bond acceptors (Lipinski definition) is 5. The van der Waals surface area contributed by atoms with Gasteiger partial charge in [-0.1, -0.05) is 12.1 Å². The van der Waals surface area contributed by atoms with E-state index in [2.05, 4.69) is 4.72 Å². The first-order chi connectivity index (χ1) is 11.1. The van der Waals surface area contributed by atoms with Gasteiger partial charge in [0, 0.05) is 6.54 Å². The zero-order valence-corrected chi connectivity index (χ0v) is 13.8. The van der Waals surface area contributed by atoms with Crippen LogP contribution in [0.4, 0.5) is 0 Å². The molecule has 0 aliphatic heterocycles. The number of para-hydroxylation sites is 2. The molecule has 0 amide bonds. The van der Waals surface area contributed by atoms with E-state index in [1.807, 2.05) is 12.1 Å². The second-order valence-electron chi connectivity index (χ2n) is 4.57. The largest absolute Gasteiger partial charge is 0.497 e. The Hall–Kier alpha value is -2.25. The van der Waals surface area contributed by atoms with Gasteiger partial charge in [0.15, 0.2) is 11.5 Å². The molecule has 6 nitrogen and oxygen atoms in total. The molecule has 2 rings (SSSR count). The molecular weight excluding hydrogens is 318 g/mol. The van der Waals surface area contributed by atoms with Crippen LogP contribution >= 0.6 is 0 Å². The number of rotatable bonds is 8. The van der Waals surface area contributed by atoms with Crippen LogP contribution in [0.1, 0.15) is 0 Å². The molecule has 0 atom stereocenters. The van der Waals surface area contributed by atoms with Gasteiger partial charge < -0.3 is 14.2 Å². The molecule has 0 aliphatic rings. The first kappa shape index (κ1) is 17.1. The van der Waals surface area contributed by atoms with E-state index in [1.165, 1.54) is 19.2 Å². The van der Waals surface area contributed by atoms with Crippen LogP contribution < -0.4 is 18.9 Å². The molecule has 0 aliphatic carbocycles. The van der Waals surface area contributed by atoms with Crippen molar-refractivity contribution in [3.63, 3.8) is 0 Å². The molecule has 7 heteroatoms. The molecular formula is C16H19NO5S. The Labute approximate surface area is 136 Å². The molecule has 1 N–H and O–H groups in total. The van der Waals surface area contributed by atoms with E-state index in [1.54, 1.807) is 31.4 Å². The van der Waals surface area contributed by atoms with E-state index in [0.717, 1.165) is 0 Å². The third-order valence-electron chi connectivity index (χ3n) is 3.09. The fraction of sp³-hybridized carbons (Fsp3) is 0.250. The quantitative estimate of drug-likeness (QED) is 0.747. The second kappa shape index (κ2) is 7.85. The first-order valence-corrected chi connectivity index (χ1v) is 8.44. The van der Waals surface area contributed by atoms with Gasteiger partial charge in [-0.2, -0.15) is 0 Å². The minimum atomic E-state index is -3.57. The predicted octanol–water partition coefficient (Wildman–Crippen LogP) is 2.06. The Morgan fingerprint density at radius 1 is 0.913 bits per heavy atom. The Kier molecular flexibility index (Phi) is 5.84. The Balaban J connectivity index is 1.89. The van der Waals surface area contributed by atoms with Gasteiger partial charge in [-0.15, -0.1) is 0 Å². The molecule has 0 spiro atoms. The molecule has 0 fully saturated rings. The van der Waals surface area contributed by atoms with Gasteiger partial charge in [-0.25, -0.2) is 13.1 Å². The molecule has 23 heavy (non-hydrogen) atoms. The SMILES string of the molecule is COc1ccc(S(=O)(=O)NCCOc2ccccc2OC)cc1. The van der Waals surface area contributed by atoms with Gasteiger partial charge in [-0.05, 0) is 36.4 Å². The van der Waals surface area contributed by atoms with Crippen molar-refractivity contribution in [3.8, 4) is 17.2 Å². The molecule has 0 unspecified atom stereocenters. The van der Waals surface area contributed by atoms with E-state index in [9.17, 15) is 8.42 Å². The molecule has 0 heterocycles. The van der Waals surface area contributed by atoms with Gasteiger partial charge in [0.05, 0.1) is 19.1 Å². The zero-order valence-electron chi connectivity index (χ0n) is 13.0. The van der Waals surface area contributed by atoms with E-state index < -0.39 is 10.0 Å². The predicted molar refractivity (Wildman–Crippen MR) is 86.7 cm³/mol. The number of ether oxygens (including phenoxy) is 3. The third kappa shape index (κ3) is 4.61. The van der Waals surface area contributed by atoms with Crippen molar-refractivity contribution < 1.29 is 22.6 Å². The zero-order chi connectivity index (χ0) is 16.7. The summed E-state index contributed by atoms with van der Waals surface area (Å²) in [5.74, 6) is 1.77. The lowest BCUT2D eigenvalue weighted by atomic mass is 10.3. The number of methoxy groups -OCH3 is 2. The van der Waals surface area contributed by atoms with Gasteiger partial charge in [-0.3, -0.25) is 0 Å². The average molecular weight is 337 g/mol. The van der Waals surface area contributed by atoms with Crippen molar-refractivity contribution in [1.82, 2.24) is 4.72 Å². The van der Waals surface area contributed by atoms with Gasteiger partial charge in [0.25, 0.3) is 0 Å². The summed E-state index contributed by atoms with van der Waals surface area (Å²) < 4.78 is 42.4. The maximum Gasteiger partial charge on any atom is 0.240 e. The lowest BCUT2D eigenvalue weighted by molar-refractivity contribution is 0.298. The summed E-state index contributed by atoms with van der Waals surface area (Å²) >= 11 is 0. The number of sulfonamides is 1. The highest BCUT2D eigenvalue weighted by atomic mass is 32.2. The van der Waals surface area contributed by atoms with Crippen molar-refractivity contribution in [2.24, 2.45) is 0 Å². The maximum absolute atomic E-state index is 12.1. The topological polar surface area (TPSA) is 73.9 Å². The minimum absolute atomic E-state index is 0.145. The van der Waals surface area contributed by atoms with Crippen LogP contribution in [0.15, 0.2) is 53.4 Å². The summed E-state index contributed by atoms with van der Waals surface area (Å²) in [6.45, 7) is 0.335. The number of benzene rings is 2. The third-order valence-corrected chi connectivity index (χ3v) is 4.57. The Morgan fingerprint density at radius 2 is 1.57 bits per heavy atom. The summed E-state index contributed by atoms with van der Waals surface area (Å²) in [5, 5.41) is 0. The molecule has 124 valence electrons. The fourth-order valence-electron chi connectivity index (χ4n) is 1.91. The first-order valence-electron chi connectivity index (χ1n) is 6.96. The lowest BCUT2D eigenvalue weighted by Crippen LogP contribution is -2.28. The van der Waals surface area contributed by atoms with E-state index in [-0.39, 0.29) is 18.0 Å². The normalized spacial score (nSPS) is 11.0. The summed E-state index contributed by atoms with van der Waals surface area (Å²) in [4.78, 5) is 0.176. The molecule has 0 radical (unpaired) electrons. The summed E-state index contributed by atoms with van der Waals surface area (Å²) in [6, 6.07) is 13.4. The molecule has 2 aromatic carbocycles. The van der Waals surface area contributed by atoms with Gasteiger partial charge in [0.1, 0.15) is 12.4 Å².